The number of rotatable bonds is 4. The van der Waals surface area contributed by atoms with Crippen molar-refractivity contribution in [3.05, 3.63) is 65.4 Å². The zero-order valence-electron chi connectivity index (χ0n) is 13.6. The molecule has 0 unspecified atom stereocenters. The average molecular weight is 360 g/mol. The van der Waals surface area contributed by atoms with Crippen LogP contribution in [-0.2, 0) is 6.42 Å². The summed E-state index contributed by atoms with van der Waals surface area (Å²) in [5, 5.41) is 3.51. The lowest BCUT2D eigenvalue weighted by Gasteiger charge is -2.30. The minimum absolute atomic E-state index is 0.288. The Hall–Kier alpha value is -2.96. The van der Waals surface area contributed by atoms with Gasteiger partial charge in [-0.05, 0) is 35.7 Å². The third kappa shape index (κ3) is 3.24. The minimum Gasteiger partial charge on any atom is -0.406 e. The van der Waals surface area contributed by atoms with Crippen molar-refractivity contribution in [2.24, 2.45) is 0 Å². The Bertz CT molecular complexity index is 978. The van der Waals surface area contributed by atoms with Gasteiger partial charge in [0.2, 0.25) is 0 Å². The van der Waals surface area contributed by atoms with E-state index < -0.39 is 6.36 Å². The molecule has 7 heteroatoms. The topological polar surface area (TPSA) is 54.1 Å². The number of fused-ring (bicyclic) bond motifs is 2. The molecule has 134 valence electrons. The number of nitrogens with one attached hydrogen (secondary N) is 2. The molecule has 1 heterocycles. The van der Waals surface area contributed by atoms with E-state index in [0.29, 0.717) is 29.1 Å². The van der Waals surface area contributed by atoms with E-state index in [1.807, 2.05) is 12.1 Å². The second-order valence-corrected chi connectivity index (χ2v) is 6.29. The molecule has 3 aromatic rings. The summed E-state index contributed by atoms with van der Waals surface area (Å²) >= 11 is 0. The van der Waals surface area contributed by atoms with Crippen LogP contribution in [0.2, 0.25) is 0 Å². The lowest BCUT2D eigenvalue weighted by atomic mass is 9.77. The van der Waals surface area contributed by atoms with E-state index in [1.54, 1.807) is 6.07 Å². The van der Waals surface area contributed by atoms with Crippen molar-refractivity contribution < 1.29 is 22.7 Å². The number of carbonyl (C=O) groups is 1. The normalized spacial score (nSPS) is 16.0. The Morgan fingerprint density at radius 2 is 2.00 bits per heavy atom. The van der Waals surface area contributed by atoms with Crippen LogP contribution in [0.3, 0.4) is 0 Å². The molecule has 1 aromatic heterocycles. The standard InChI is InChI=1S/C19H15F3N2O2/c20-19(21,22)26-14-6-5-12-8-17(24-16(12)9-14)18(25)23-10-13-7-11-3-1-2-4-15(11)13/h1-6,8-9,13,24H,7,10H2,(H,23,25)/t13-/m0/s1. The summed E-state index contributed by atoms with van der Waals surface area (Å²) in [6.07, 6.45) is -3.82. The quantitative estimate of drug-likeness (QED) is 0.735. The minimum atomic E-state index is -4.75. The van der Waals surface area contributed by atoms with Gasteiger partial charge in [0, 0.05) is 29.4 Å². The maximum atomic E-state index is 12.3. The molecular weight excluding hydrogens is 345 g/mol. The van der Waals surface area contributed by atoms with E-state index in [9.17, 15) is 18.0 Å². The van der Waals surface area contributed by atoms with E-state index in [-0.39, 0.29) is 11.7 Å². The highest BCUT2D eigenvalue weighted by molar-refractivity contribution is 5.98. The molecular formula is C19H15F3N2O2. The van der Waals surface area contributed by atoms with Gasteiger partial charge in [0.15, 0.2) is 0 Å². The van der Waals surface area contributed by atoms with Gasteiger partial charge in [-0.2, -0.15) is 0 Å². The largest absolute Gasteiger partial charge is 0.573 e. The number of amides is 1. The first kappa shape index (κ1) is 16.5. The Labute approximate surface area is 147 Å². The summed E-state index contributed by atoms with van der Waals surface area (Å²) in [5.74, 6) is -0.319. The van der Waals surface area contributed by atoms with Gasteiger partial charge in [0.1, 0.15) is 11.4 Å². The Kier molecular flexibility index (Phi) is 3.86. The SMILES string of the molecule is O=C(NC[C@@H]1Cc2ccccc21)c1cc2ccc(OC(F)(F)F)cc2[nH]1. The number of ether oxygens (including phenoxy) is 1. The molecule has 0 saturated heterocycles. The maximum absolute atomic E-state index is 12.3. The molecule has 0 fully saturated rings. The first-order chi connectivity index (χ1) is 12.4. The number of aromatic nitrogens is 1. The second kappa shape index (κ2) is 6.09. The van der Waals surface area contributed by atoms with Gasteiger partial charge in [0.25, 0.3) is 5.91 Å². The Balaban J connectivity index is 1.44. The number of hydrogen-bond donors (Lipinski definition) is 2. The van der Waals surface area contributed by atoms with Crippen LogP contribution in [-0.4, -0.2) is 23.8 Å². The molecule has 26 heavy (non-hydrogen) atoms. The van der Waals surface area contributed by atoms with Crippen molar-refractivity contribution in [2.45, 2.75) is 18.7 Å². The predicted molar refractivity (Wildman–Crippen MR) is 90.2 cm³/mol. The summed E-state index contributed by atoms with van der Waals surface area (Å²) in [6, 6.07) is 13.6. The lowest BCUT2D eigenvalue weighted by molar-refractivity contribution is -0.274. The molecule has 4 nitrogen and oxygen atoms in total. The van der Waals surface area contributed by atoms with Crippen LogP contribution in [0.5, 0.6) is 5.75 Å². The zero-order chi connectivity index (χ0) is 18.3. The highest BCUT2D eigenvalue weighted by Gasteiger charge is 2.31. The summed E-state index contributed by atoms with van der Waals surface area (Å²) in [6.45, 7) is 0.521. The van der Waals surface area contributed by atoms with Crippen molar-refractivity contribution in [1.82, 2.24) is 10.3 Å². The van der Waals surface area contributed by atoms with Crippen LogP contribution in [0.1, 0.15) is 27.5 Å². The zero-order valence-corrected chi connectivity index (χ0v) is 13.6. The molecule has 1 atom stereocenters. The van der Waals surface area contributed by atoms with Gasteiger partial charge in [0.05, 0.1) is 0 Å². The smallest absolute Gasteiger partial charge is 0.406 e. The fourth-order valence-electron chi connectivity index (χ4n) is 3.28. The molecule has 0 bridgehead atoms. The van der Waals surface area contributed by atoms with Gasteiger partial charge in [-0.15, -0.1) is 13.2 Å². The number of alkyl halides is 3. The first-order valence-electron chi connectivity index (χ1n) is 8.13. The van der Waals surface area contributed by atoms with E-state index in [0.717, 1.165) is 6.42 Å². The van der Waals surface area contributed by atoms with Gasteiger partial charge in [-0.25, -0.2) is 0 Å². The van der Waals surface area contributed by atoms with Crippen molar-refractivity contribution in [2.75, 3.05) is 6.54 Å². The van der Waals surface area contributed by atoms with Crippen molar-refractivity contribution in [1.29, 1.82) is 0 Å². The van der Waals surface area contributed by atoms with Crippen LogP contribution < -0.4 is 10.1 Å². The molecule has 0 aliphatic heterocycles. The van der Waals surface area contributed by atoms with Crippen LogP contribution >= 0.6 is 0 Å². The summed E-state index contributed by atoms with van der Waals surface area (Å²) in [5.41, 5.74) is 3.26. The third-order valence-electron chi connectivity index (χ3n) is 4.54. The molecule has 2 aromatic carbocycles. The number of carbonyl (C=O) groups excluding carboxylic acids is 1. The predicted octanol–water partition coefficient (Wildman–Crippen LogP) is 4.14. The first-order valence-corrected chi connectivity index (χ1v) is 8.13. The number of benzene rings is 2. The summed E-state index contributed by atoms with van der Waals surface area (Å²) in [7, 11) is 0. The van der Waals surface area contributed by atoms with Gasteiger partial charge in [-0.1, -0.05) is 24.3 Å². The van der Waals surface area contributed by atoms with E-state index in [1.165, 1.54) is 29.3 Å². The van der Waals surface area contributed by atoms with Gasteiger partial charge in [-0.3, -0.25) is 4.79 Å². The molecule has 1 aliphatic rings. The Morgan fingerprint density at radius 1 is 1.19 bits per heavy atom. The number of H-pyrrole nitrogens is 1. The van der Waals surface area contributed by atoms with Crippen LogP contribution in [0.25, 0.3) is 10.9 Å². The number of aromatic amines is 1. The Morgan fingerprint density at radius 3 is 2.77 bits per heavy atom. The van der Waals surface area contributed by atoms with Crippen molar-refractivity contribution >= 4 is 16.8 Å². The number of halogens is 3. The monoisotopic (exact) mass is 360 g/mol. The summed E-state index contributed by atoms with van der Waals surface area (Å²) < 4.78 is 40.8. The highest BCUT2D eigenvalue weighted by Crippen LogP contribution is 2.34. The van der Waals surface area contributed by atoms with E-state index >= 15 is 0 Å². The molecule has 1 aliphatic carbocycles. The highest BCUT2D eigenvalue weighted by atomic mass is 19.4. The molecule has 2 N–H and O–H groups in total. The fraction of sp³-hybridized carbons (Fsp3) is 0.211. The molecule has 1 amide bonds. The third-order valence-corrected chi connectivity index (χ3v) is 4.54. The van der Waals surface area contributed by atoms with E-state index in [2.05, 4.69) is 27.2 Å². The molecule has 0 saturated carbocycles. The average Bonchev–Trinajstić information content (AvgIpc) is 2.97. The van der Waals surface area contributed by atoms with Crippen molar-refractivity contribution in [3.63, 3.8) is 0 Å². The van der Waals surface area contributed by atoms with Crippen molar-refractivity contribution in [3.8, 4) is 5.75 Å². The maximum Gasteiger partial charge on any atom is 0.573 e. The lowest BCUT2D eigenvalue weighted by Crippen LogP contribution is -2.33. The molecule has 0 radical (unpaired) electrons. The fourth-order valence-corrected chi connectivity index (χ4v) is 3.28. The molecule has 0 spiro atoms. The number of hydrogen-bond acceptors (Lipinski definition) is 2. The van der Waals surface area contributed by atoms with Crippen LogP contribution in [0.4, 0.5) is 13.2 Å². The summed E-state index contributed by atoms with van der Waals surface area (Å²) in [4.78, 5) is 15.2. The second-order valence-electron chi connectivity index (χ2n) is 6.29. The van der Waals surface area contributed by atoms with Gasteiger partial charge >= 0.3 is 6.36 Å². The van der Waals surface area contributed by atoms with Gasteiger partial charge < -0.3 is 15.0 Å². The van der Waals surface area contributed by atoms with E-state index in [4.69, 9.17) is 0 Å². The molecule has 4 rings (SSSR count). The van der Waals surface area contributed by atoms with Crippen LogP contribution in [0, 0.1) is 0 Å². The van der Waals surface area contributed by atoms with Crippen LogP contribution in [0.15, 0.2) is 48.5 Å².